The van der Waals surface area contributed by atoms with Gasteiger partial charge in [0.15, 0.2) is 5.75 Å². The summed E-state index contributed by atoms with van der Waals surface area (Å²) in [6.45, 7) is 2.81. The Kier molecular flexibility index (Phi) is 5.11. The highest BCUT2D eigenvalue weighted by Gasteiger charge is 2.24. The summed E-state index contributed by atoms with van der Waals surface area (Å²) in [5.74, 6) is 0.00275. The van der Waals surface area contributed by atoms with E-state index in [9.17, 15) is 9.59 Å². The number of carbonyl (C=O) groups is 2. The lowest BCUT2D eigenvalue weighted by molar-refractivity contribution is 0.0598. The normalized spacial score (nSPS) is 13.6. The molecule has 0 bridgehead atoms. The maximum Gasteiger partial charge on any atom is 0.339 e. The Morgan fingerprint density at radius 2 is 1.81 bits per heavy atom. The maximum atomic E-state index is 12.7. The number of fused-ring (bicyclic) bond motifs is 1. The van der Waals surface area contributed by atoms with Crippen molar-refractivity contribution in [2.75, 3.05) is 27.3 Å². The van der Waals surface area contributed by atoms with Crippen LogP contribution in [0.25, 0.3) is 0 Å². The first kappa shape index (κ1) is 17.8. The number of rotatable bonds is 3. The van der Waals surface area contributed by atoms with E-state index in [-0.39, 0.29) is 11.7 Å². The zero-order valence-electron chi connectivity index (χ0n) is 15.0. The number of methoxy groups -OCH3 is 2. The molecule has 0 radical (unpaired) electrons. The topological polar surface area (TPSA) is 94.5 Å². The molecule has 0 fully saturated rings. The molecular weight excluding hydrogens is 336 g/mol. The van der Waals surface area contributed by atoms with Crippen molar-refractivity contribution in [3.63, 3.8) is 0 Å². The highest BCUT2D eigenvalue weighted by Crippen LogP contribution is 2.19. The van der Waals surface area contributed by atoms with Gasteiger partial charge < -0.3 is 14.4 Å². The average Bonchev–Trinajstić information content (AvgIpc) is 2.88. The zero-order valence-corrected chi connectivity index (χ0v) is 15.0. The van der Waals surface area contributed by atoms with Crippen LogP contribution in [0, 0.1) is 6.92 Å². The molecule has 136 valence electrons. The molecule has 0 atom stereocenters. The zero-order chi connectivity index (χ0) is 18.7. The number of hydrogen-bond donors (Lipinski definition) is 0. The van der Waals surface area contributed by atoms with Crippen LogP contribution in [0.15, 0.2) is 18.5 Å². The number of aromatic nitrogens is 3. The molecule has 0 aliphatic carbocycles. The van der Waals surface area contributed by atoms with Crippen LogP contribution in [-0.4, -0.2) is 59.0 Å². The monoisotopic (exact) mass is 356 g/mol. The molecular formula is C18H20N4O4. The lowest BCUT2D eigenvalue weighted by Crippen LogP contribution is -2.34. The van der Waals surface area contributed by atoms with E-state index in [2.05, 4.69) is 15.0 Å². The molecule has 0 unspecified atom stereocenters. The summed E-state index contributed by atoms with van der Waals surface area (Å²) >= 11 is 0. The Balaban J connectivity index is 1.78. The van der Waals surface area contributed by atoms with Crippen molar-refractivity contribution in [1.29, 1.82) is 0 Å². The molecule has 0 saturated carbocycles. The van der Waals surface area contributed by atoms with E-state index in [0.717, 1.165) is 11.3 Å². The molecule has 0 aromatic carbocycles. The van der Waals surface area contributed by atoms with Crippen molar-refractivity contribution in [3.8, 4) is 5.75 Å². The van der Waals surface area contributed by atoms with Crippen LogP contribution in [0.4, 0.5) is 0 Å². The second-order valence-corrected chi connectivity index (χ2v) is 5.96. The van der Waals surface area contributed by atoms with E-state index < -0.39 is 5.97 Å². The van der Waals surface area contributed by atoms with Crippen molar-refractivity contribution < 1.29 is 19.1 Å². The number of esters is 1. The quantitative estimate of drug-likeness (QED) is 0.763. The van der Waals surface area contributed by atoms with Gasteiger partial charge in [-0.3, -0.25) is 9.78 Å². The van der Waals surface area contributed by atoms with Gasteiger partial charge in [-0.15, -0.1) is 0 Å². The number of nitrogens with zero attached hydrogens (tertiary/aromatic N) is 4. The van der Waals surface area contributed by atoms with Gasteiger partial charge in [0.05, 0.1) is 37.9 Å². The second-order valence-electron chi connectivity index (χ2n) is 5.96. The highest BCUT2D eigenvalue weighted by molar-refractivity contribution is 5.91. The molecule has 1 aliphatic rings. The Morgan fingerprint density at radius 1 is 1.12 bits per heavy atom. The molecule has 0 saturated heterocycles. The molecule has 26 heavy (non-hydrogen) atoms. The molecule has 1 amide bonds. The van der Waals surface area contributed by atoms with Crippen molar-refractivity contribution >= 4 is 11.9 Å². The fraction of sp³-hybridized carbons (Fsp3) is 0.389. The van der Waals surface area contributed by atoms with Crippen LogP contribution < -0.4 is 4.74 Å². The van der Waals surface area contributed by atoms with E-state index in [4.69, 9.17) is 9.47 Å². The second kappa shape index (κ2) is 7.47. The largest absolute Gasteiger partial charge is 0.494 e. The summed E-state index contributed by atoms with van der Waals surface area (Å²) in [5, 5.41) is 0. The maximum absolute atomic E-state index is 12.7. The average molecular weight is 356 g/mol. The van der Waals surface area contributed by atoms with Crippen LogP contribution in [0.5, 0.6) is 5.75 Å². The fourth-order valence-corrected chi connectivity index (χ4v) is 2.93. The van der Waals surface area contributed by atoms with Crippen molar-refractivity contribution in [2.24, 2.45) is 0 Å². The highest BCUT2D eigenvalue weighted by atomic mass is 16.5. The molecule has 0 N–H and O–H groups in total. The number of hydrogen-bond acceptors (Lipinski definition) is 7. The first-order valence-electron chi connectivity index (χ1n) is 8.26. The van der Waals surface area contributed by atoms with Gasteiger partial charge in [-0.25, -0.2) is 14.8 Å². The van der Waals surface area contributed by atoms with E-state index in [1.165, 1.54) is 26.6 Å². The van der Waals surface area contributed by atoms with Gasteiger partial charge in [-0.2, -0.15) is 0 Å². The Labute approximate surface area is 151 Å². The third-order valence-electron chi connectivity index (χ3n) is 4.40. The minimum Gasteiger partial charge on any atom is -0.494 e. The predicted molar refractivity (Wildman–Crippen MR) is 92.2 cm³/mol. The number of carbonyl (C=O) groups excluding carboxylic acids is 2. The van der Waals surface area contributed by atoms with Gasteiger partial charge in [0.2, 0.25) is 5.82 Å². The van der Waals surface area contributed by atoms with Crippen LogP contribution in [-0.2, 0) is 17.6 Å². The van der Waals surface area contributed by atoms with Crippen molar-refractivity contribution in [2.45, 2.75) is 19.8 Å². The number of pyridine rings is 1. The summed E-state index contributed by atoms with van der Waals surface area (Å²) in [7, 11) is 2.87. The fourth-order valence-electron chi connectivity index (χ4n) is 2.93. The number of amides is 1. The van der Waals surface area contributed by atoms with Crippen molar-refractivity contribution in [1.82, 2.24) is 19.9 Å². The molecule has 8 nitrogen and oxygen atoms in total. The Morgan fingerprint density at radius 3 is 2.46 bits per heavy atom. The minimum atomic E-state index is -0.401. The summed E-state index contributed by atoms with van der Waals surface area (Å²) < 4.78 is 9.82. The number of ether oxygens (including phenoxy) is 2. The van der Waals surface area contributed by atoms with Crippen LogP contribution in [0.3, 0.4) is 0 Å². The molecule has 1 aliphatic heterocycles. The lowest BCUT2D eigenvalue weighted by Gasteiger charge is -2.18. The van der Waals surface area contributed by atoms with Crippen molar-refractivity contribution in [3.05, 3.63) is 46.8 Å². The van der Waals surface area contributed by atoms with Gasteiger partial charge in [0, 0.05) is 25.2 Å². The first-order chi connectivity index (χ1) is 12.5. The summed E-state index contributed by atoms with van der Waals surface area (Å²) in [4.78, 5) is 38.9. The SMILES string of the molecule is COC(=O)c1cc2c(nc1C)CCN(C(=O)c1ncc(OC)cn1)CC2. The standard InChI is InChI=1S/C18H20N4O4/c1-11-14(18(24)26-3)8-12-4-6-22(7-5-15(12)21-11)17(23)16-19-9-13(25-2)10-20-16/h8-10H,4-7H2,1-3H3. The molecule has 8 heteroatoms. The number of aryl methyl sites for hydroxylation is 1. The predicted octanol–water partition coefficient (Wildman–Crippen LogP) is 1.22. The molecule has 3 rings (SSSR count). The minimum absolute atomic E-state index is 0.135. The molecule has 0 spiro atoms. The summed E-state index contributed by atoms with van der Waals surface area (Å²) in [6.07, 6.45) is 4.16. The van der Waals surface area contributed by atoms with Gasteiger partial charge in [0.1, 0.15) is 0 Å². The Hall–Kier alpha value is -3.03. The van der Waals surface area contributed by atoms with E-state index >= 15 is 0 Å². The smallest absolute Gasteiger partial charge is 0.339 e. The Bertz CT molecular complexity index is 836. The van der Waals surface area contributed by atoms with Crippen LogP contribution >= 0.6 is 0 Å². The van der Waals surface area contributed by atoms with E-state index in [1.54, 1.807) is 11.8 Å². The molecule has 2 aromatic heterocycles. The first-order valence-corrected chi connectivity index (χ1v) is 8.26. The van der Waals surface area contributed by atoms with Crippen LogP contribution in [0.2, 0.25) is 0 Å². The third kappa shape index (κ3) is 3.49. The van der Waals surface area contributed by atoms with E-state index in [1.807, 2.05) is 6.07 Å². The van der Waals surface area contributed by atoms with Gasteiger partial charge in [-0.1, -0.05) is 0 Å². The molecule has 2 aromatic rings. The van der Waals surface area contributed by atoms with Crippen LogP contribution in [0.1, 0.15) is 37.9 Å². The van der Waals surface area contributed by atoms with E-state index in [0.29, 0.717) is 42.9 Å². The molecule has 3 heterocycles. The lowest BCUT2D eigenvalue weighted by atomic mass is 10.0. The summed E-state index contributed by atoms with van der Waals surface area (Å²) in [6, 6.07) is 1.82. The summed E-state index contributed by atoms with van der Waals surface area (Å²) in [5.41, 5.74) is 2.96. The van der Waals surface area contributed by atoms with Gasteiger partial charge in [-0.05, 0) is 25.0 Å². The van der Waals surface area contributed by atoms with Gasteiger partial charge >= 0.3 is 5.97 Å². The van der Waals surface area contributed by atoms with Gasteiger partial charge in [0.25, 0.3) is 5.91 Å². The third-order valence-corrected chi connectivity index (χ3v) is 4.40.